The maximum Gasteiger partial charge on any atom is 0.272 e. The highest BCUT2D eigenvalue weighted by Crippen LogP contribution is 2.25. The first-order valence-corrected chi connectivity index (χ1v) is 12.4. The van der Waals surface area contributed by atoms with Crippen LogP contribution in [0.25, 0.3) is 10.8 Å². The first kappa shape index (κ1) is 23.7. The first-order valence-electron chi connectivity index (χ1n) is 12.4. The molecule has 8 heteroatoms. The summed E-state index contributed by atoms with van der Waals surface area (Å²) in [6, 6.07) is 15.1. The topological polar surface area (TPSA) is 88.6 Å². The van der Waals surface area contributed by atoms with Gasteiger partial charge in [0.2, 0.25) is 0 Å². The fourth-order valence-electron chi connectivity index (χ4n) is 5.03. The van der Waals surface area contributed by atoms with Crippen molar-refractivity contribution >= 4 is 28.2 Å². The Balaban J connectivity index is 1.22. The van der Waals surface area contributed by atoms with Crippen molar-refractivity contribution in [3.63, 3.8) is 0 Å². The van der Waals surface area contributed by atoms with Gasteiger partial charge in [-0.3, -0.25) is 4.79 Å². The number of piperidine rings is 1. The molecule has 0 aliphatic carbocycles. The van der Waals surface area contributed by atoms with Gasteiger partial charge in [0.05, 0.1) is 12.7 Å². The Morgan fingerprint density at radius 1 is 1.09 bits per heavy atom. The minimum absolute atomic E-state index is 0.0363. The van der Waals surface area contributed by atoms with Crippen LogP contribution in [0.15, 0.2) is 48.8 Å². The van der Waals surface area contributed by atoms with Crippen LogP contribution in [0.2, 0.25) is 0 Å². The van der Waals surface area contributed by atoms with E-state index < -0.39 is 0 Å². The van der Waals surface area contributed by atoms with E-state index in [1.54, 1.807) is 7.11 Å². The molecule has 3 aromatic rings. The van der Waals surface area contributed by atoms with E-state index in [4.69, 9.17) is 9.47 Å². The molecule has 1 amide bonds. The molecule has 2 saturated heterocycles. The van der Waals surface area contributed by atoms with Crippen LogP contribution in [0.5, 0.6) is 0 Å². The summed E-state index contributed by atoms with van der Waals surface area (Å²) in [5, 5.41) is 9.44. The standard InChI is InChI=1S/C27H33N5O3/c1-18-25(28-17-29-26(18)31-22-8-7-19-5-3-4-6-20(19)15-22)27(33)32-12-9-21(10-13-32)30-23-11-14-35-16-24(23)34-2/h3-8,15,17,21,23-24,30H,9-14,16H2,1-2H3,(H,28,29,31)/t23-,24+/m0/s1. The third-order valence-electron chi connectivity index (χ3n) is 7.14. The average Bonchev–Trinajstić information content (AvgIpc) is 2.90. The normalized spacial score (nSPS) is 21.3. The lowest BCUT2D eigenvalue weighted by molar-refractivity contribution is -0.0533. The Morgan fingerprint density at radius 2 is 1.89 bits per heavy atom. The Labute approximate surface area is 206 Å². The molecule has 0 bridgehead atoms. The second-order valence-electron chi connectivity index (χ2n) is 9.36. The molecule has 0 saturated carbocycles. The highest BCUT2D eigenvalue weighted by molar-refractivity contribution is 5.95. The number of nitrogens with zero attached hydrogens (tertiary/aromatic N) is 3. The van der Waals surface area contributed by atoms with Gasteiger partial charge in [-0.2, -0.15) is 0 Å². The van der Waals surface area contributed by atoms with Crippen molar-refractivity contribution in [1.29, 1.82) is 0 Å². The number of methoxy groups -OCH3 is 1. The van der Waals surface area contributed by atoms with Crippen LogP contribution in [-0.2, 0) is 9.47 Å². The van der Waals surface area contributed by atoms with Crippen molar-refractivity contribution in [2.45, 2.75) is 44.4 Å². The lowest BCUT2D eigenvalue weighted by Gasteiger charge is -2.38. The Bertz CT molecular complexity index is 1180. The quantitative estimate of drug-likeness (QED) is 0.562. The van der Waals surface area contributed by atoms with Gasteiger partial charge in [-0.15, -0.1) is 0 Å². The van der Waals surface area contributed by atoms with Crippen molar-refractivity contribution in [1.82, 2.24) is 20.2 Å². The fourth-order valence-corrected chi connectivity index (χ4v) is 5.03. The number of hydrogen-bond acceptors (Lipinski definition) is 7. The van der Waals surface area contributed by atoms with Crippen molar-refractivity contribution in [3.8, 4) is 0 Å². The molecular formula is C27H33N5O3. The van der Waals surface area contributed by atoms with Crippen LogP contribution in [0.1, 0.15) is 35.3 Å². The van der Waals surface area contributed by atoms with E-state index >= 15 is 0 Å². The number of aromatic nitrogens is 2. The van der Waals surface area contributed by atoms with Crippen LogP contribution < -0.4 is 10.6 Å². The largest absolute Gasteiger partial charge is 0.379 e. The number of anilines is 2. The number of amides is 1. The molecule has 5 rings (SSSR count). The molecule has 0 unspecified atom stereocenters. The first-order chi connectivity index (χ1) is 17.1. The third-order valence-corrected chi connectivity index (χ3v) is 7.14. The molecule has 8 nitrogen and oxygen atoms in total. The van der Waals surface area contributed by atoms with E-state index in [-0.39, 0.29) is 12.0 Å². The van der Waals surface area contributed by atoms with Gasteiger partial charge >= 0.3 is 0 Å². The van der Waals surface area contributed by atoms with Gasteiger partial charge < -0.3 is 25.0 Å². The van der Waals surface area contributed by atoms with Gasteiger partial charge in [-0.1, -0.05) is 30.3 Å². The molecule has 0 radical (unpaired) electrons. The zero-order valence-corrected chi connectivity index (χ0v) is 20.4. The van der Waals surface area contributed by atoms with Gasteiger partial charge in [0.25, 0.3) is 5.91 Å². The average molecular weight is 476 g/mol. The second kappa shape index (κ2) is 10.7. The summed E-state index contributed by atoms with van der Waals surface area (Å²) in [6.07, 6.45) is 4.32. The lowest BCUT2D eigenvalue weighted by atomic mass is 9.99. The second-order valence-corrected chi connectivity index (χ2v) is 9.36. The molecule has 1 aromatic heterocycles. The van der Waals surface area contributed by atoms with Crippen LogP contribution in [-0.4, -0.2) is 72.4 Å². The number of hydrogen-bond donors (Lipinski definition) is 2. The Hall–Kier alpha value is -3.07. The monoisotopic (exact) mass is 475 g/mol. The van der Waals surface area contributed by atoms with Crippen LogP contribution in [0.4, 0.5) is 11.5 Å². The predicted octanol–water partition coefficient (Wildman–Crippen LogP) is 3.68. The summed E-state index contributed by atoms with van der Waals surface area (Å²) >= 11 is 0. The highest BCUT2D eigenvalue weighted by Gasteiger charge is 2.31. The van der Waals surface area contributed by atoms with Crippen molar-refractivity contribution in [3.05, 3.63) is 60.0 Å². The van der Waals surface area contributed by atoms with Crippen LogP contribution in [0.3, 0.4) is 0 Å². The molecule has 2 aliphatic heterocycles. The molecule has 3 heterocycles. The summed E-state index contributed by atoms with van der Waals surface area (Å²) in [6.45, 7) is 4.70. The number of benzene rings is 2. The van der Waals surface area contributed by atoms with Gasteiger partial charge in [0.1, 0.15) is 17.8 Å². The molecular weight excluding hydrogens is 442 g/mol. The minimum Gasteiger partial charge on any atom is -0.379 e. The number of rotatable bonds is 6. The summed E-state index contributed by atoms with van der Waals surface area (Å²) < 4.78 is 11.1. The van der Waals surface area contributed by atoms with Crippen LogP contribution in [0, 0.1) is 6.92 Å². The Kier molecular flexibility index (Phi) is 7.22. The number of nitrogens with one attached hydrogen (secondary N) is 2. The molecule has 35 heavy (non-hydrogen) atoms. The SMILES string of the molecule is CO[C@@H]1COCC[C@@H]1NC1CCN(C(=O)c2ncnc(Nc3ccc4ccccc4c3)c2C)CC1. The molecule has 184 valence electrons. The van der Waals surface area contributed by atoms with E-state index in [1.807, 2.05) is 30.0 Å². The maximum atomic E-state index is 13.3. The molecule has 2 fully saturated rings. The summed E-state index contributed by atoms with van der Waals surface area (Å²) in [5.41, 5.74) is 2.15. The minimum atomic E-state index is -0.0363. The molecule has 0 spiro atoms. The van der Waals surface area contributed by atoms with Crippen molar-refractivity contribution in [2.24, 2.45) is 0 Å². The zero-order chi connectivity index (χ0) is 24.2. The Morgan fingerprint density at radius 3 is 2.69 bits per heavy atom. The van der Waals surface area contributed by atoms with Gasteiger partial charge in [0.15, 0.2) is 0 Å². The lowest BCUT2D eigenvalue weighted by Crippen LogP contribution is -2.54. The number of fused-ring (bicyclic) bond motifs is 1. The molecule has 2 aliphatic rings. The maximum absolute atomic E-state index is 13.3. The number of carbonyl (C=O) groups excluding carboxylic acids is 1. The van der Waals surface area contributed by atoms with Gasteiger partial charge in [-0.25, -0.2) is 9.97 Å². The van der Waals surface area contributed by atoms with Gasteiger partial charge in [-0.05, 0) is 49.1 Å². The molecule has 2 aromatic carbocycles. The summed E-state index contributed by atoms with van der Waals surface area (Å²) in [4.78, 5) is 24.0. The fraction of sp³-hybridized carbons (Fsp3) is 0.444. The predicted molar refractivity (Wildman–Crippen MR) is 136 cm³/mol. The molecule has 2 atom stereocenters. The van der Waals surface area contributed by atoms with E-state index in [2.05, 4.69) is 44.9 Å². The highest BCUT2D eigenvalue weighted by atomic mass is 16.5. The van der Waals surface area contributed by atoms with E-state index in [1.165, 1.54) is 11.7 Å². The summed E-state index contributed by atoms with van der Waals surface area (Å²) in [5.74, 6) is 0.617. The number of carbonyl (C=O) groups is 1. The number of likely N-dealkylation sites (tertiary alicyclic amines) is 1. The number of ether oxygens (including phenoxy) is 2. The molecule has 2 N–H and O–H groups in total. The van der Waals surface area contributed by atoms with E-state index in [0.717, 1.165) is 42.5 Å². The van der Waals surface area contributed by atoms with Crippen LogP contribution >= 0.6 is 0 Å². The summed E-state index contributed by atoms with van der Waals surface area (Å²) in [7, 11) is 1.74. The zero-order valence-electron chi connectivity index (χ0n) is 20.4. The van der Waals surface area contributed by atoms with Crippen molar-refractivity contribution in [2.75, 3.05) is 38.7 Å². The van der Waals surface area contributed by atoms with E-state index in [0.29, 0.717) is 43.3 Å². The van der Waals surface area contributed by atoms with Gasteiger partial charge in [0, 0.05) is 50.1 Å². The smallest absolute Gasteiger partial charge is 0.272 e. The third kappa shape index (κ3) is 5.29. The van der Waals surface area contributed by atoms with Crippen molar-refractivity contribution < 1.29 is 14.3 Å². The van der Waals surface area contributed by atoms with E-state index in [9.17, 15) is 4.79 Å².